The molecule has 0 saturated heterocycles. The van der Waals surface area contributed by atoms with Gasteiger partial charge in [0.25, 0.3) is 11.8 Å². The number of imide groups is 1. The molecule has 6 nitrogen and oxygen atoms in total. The van der Waals surface area contributed by atoms with Crippen molar-refractivity contribution in [1.29, 1.82) is 0 Å². The lowest BCUT2D eigenvalue weighted by Gasteiger charge is -2.16. The van der Waals surface area contributed by atoms with E-state index in [9.17, 15) is 14.4 Å². The molecule has 0 radical (unpaired) electrons. The summed E-state index contributed by atoms with van der Waals surface area (Å²) in [6.45, 7) is 4.07. The normalized spacial score (nSPS) is 13.9. The average molecular weight is 433 g/mol. The Hall–Kier alpha value is -2.83. The summed E-state index contributed by atoms with van der Waals surface area (Å²) in [7, 11) is 0. The zero-order valence-electron chi connectivity index (χ0n) is 15.8. The van der Waals surface area contributed by atoms with E-state index in [1.54, 1.807) is 36.4 Å². The molecule has 2 amide bonds. The maximum Gasteiger partial charge on any atom is 0.338 e. The lowest BCUT2D eigenvalue weighted by Crippen LogP contribution is -2.32. The molecule has 1 heterocycles. The molecule has 3 rings (SSSR count). The number of aryl methyl sites for hydroxylation is 1. The summed E-state index contributed by atoms with van der Waals surface area (Å²) < 4.78 is 5.07. The highest BCUT2D eigenvalue weighted by molar-refractivity contribution is 6.53. The highest BCUT2D eigenvalue weighted by Gasteiger charge is 2.39. The summed E-state index contributed by atoms with van der Waals surface area (Å²) in [6.07, 6.45) is 0.733. The minimum atomic E-state index is -0.640. The van der Waals surface area contributed by atoms with E-state index in [4.69, 9.17) is 27.9 Å². The molecule has 0 bridgehead atoms. The van der Waals surface area contributed by atoms with E-state index in [1.165, 1.54) is 6.07 Å². The van der Waals surface area contributed by atoms with Gasteiger partial charge >= 0.3 is 5.97 Å². The number of hydrogen-bond acceptors (Lipinski definition) is 5. The molecule has 8 heteroatoms. The molecule has 1 aliphatic heterocycles. The number of hydrogen-bond donors (Lipinski definition) is 1. The Kier molecular flexibility index (Phi) is 6.25. The number of rotatable bonds is 6. The summed E-state index contributed by atoms with van der Waals surface area (Å²) in [6, 6.07) is 11.2. The van der Waals surface area contributed by atoms with Crippen molar-refractivity contribution in [2.24, 2.45) is 0 Å². The van der Waals surface area contributed by atoms with Crippen LogP contribution in [0.3, 0.4) is 0 Å². The average Bonchev–Trinajstić information content (AvgIpc) is 2.92. The first-order valence-corrected chi connectivity index (χ1v) is 9.68. The van der Waals surface area contributed by atoms with Crippen molar-refractivity contribution in [3.05, 3.63) is 69.3 Å². The van der Waals surface area contributed by atoms with Crippen LogP contribution in [0.2, 0.25) is 5.02 Å². The van der Waals surface area contributed by atoms with Crippen molar-refractivity contribution in [2.45, 2.75) is 20.3 Å². The monoisotopic (exact) mass is 432 g/mol. The number of amides is 2. The molecule has 29 heavy (non-hydrogen) atoms. The summed E-state index contributed by atoms with van der Waals surface area (Å²) in [5.41, 5.74) is 1.99. The van der Waals surface area contributed by atoms with Gasteiger partial charge in [0.15, 0.2) is 0 Å². The Labute approximate surface area is 178 Å². The third-order valence-electron chi connectivity index (χ3n) is 4.27. The predicted octanol–water partition coefficient (Wildman–Crippen LogP) is 4.65. The first kappa shape index (κ1) is 20.9. The van der Waals surface area contributed by atoms with Crippen LogP contribution < -0.4 is 10.2 Å². The number of nitrogens with one attached hydrogen (secondary N) is 1. The van der Waals surface area contributed by atoms with E-state index < -0.39 is 17.8 Å². The molecular weight excluding hydrogens is 415 g/mol. The Morgan fingerprint density at radius 3 is 2.38 bits per heavy atom. The highest BCUT2D eigenvalue weighted by atomic mass is 35.5. The summed E-state index contributed by atoms with van der Waals surface area (Å²) in [5.74, 6) is -1.66. The lowest BCUT2D eigenvalue weighted by atomic mass is 10.2. The molecule has 0 atom stereocenters. The fourth-order valence-corrected chi connectivity index (χ4v) is 3.07. The number of benzene rings is 2. The zero-order valence-corrected chi connectivity index (χ0v) is 17.3. The van der Waals surface area contributed by atoms with Gasteiger partial charge in [-0.2, -0.15) is 0 Å². The molecule has 1 N–H and O–H groups in total. The maximum absolute atomic E-state index is 12.8. The topological polar surface area (TPSA) is 75.7 Å². The molecule has 2 aromatic carbocycles. The number of halogens is 2. The number of anilines is 2. The van der Waals surface area contributed by atoms with Gasteiger partial charge in [0, 0.05) is 10.7 Å². The second-order valence-corrected chi connectivity index (χ2v) is 7.19. The lowest BCUT2D eigenvalue weighted by molar-refractivity contribution is -0.120. The van der Waals surface area contributed by atoms with Crippen LogP contribution in [-0.4, -0.2) is 24.4 Å². The van der Waals surface area contributed by atoms with Crippen LogP contribution in [0.5, 0.6) is 0 Å². The van der Waals surface area contributed by atoms with Crippen molar-refractivity contribution in [3.8, 4) is 0 Å². The summed E-state index contributed by atoms with van der Waals surface area (Å²) in [4.78, 5) is 38.2. The molecule has 150 valence electrons. The third-order valence-corrected chi connectivity index (χ3v) is 5.03. The minimum absolute atomic E-state index is 0.0466. The number of esters is 1. The van der Waals surface area contributed by atoms with Crippen LogP contribution in [0.25, 0.3) is 0 Å². The number of carbonyl (C=O) groups is 3. The van der Waals surface area contributed by atoms with Gasteiger partial charge in [-0.3, -0.25) is 9.59 Å². The van der Waals surface area contributed by atoms with Crippen LogP contribution >= 0.6 is 23.2 Å². The zero-order chi connectivity index (χ0) is 21.1. The Morgan fingerprint density at radius 1 is 1.07 bits per heavy atom. The van der Waals surface area contributed by atoms with E-state index in [0.717, 1.165) is 16.9 Å². The van der Waals surface area contributed by atoms with Gasteiger partial charge in [0.2, 0.25) is 0 Å². The molecule has 2 aromatic rings. The molecule has 0 unspecified atom stereocenters. The highest BCUT2D eigenvalue weighted by Crippen LogP contribution is 2.32. The minimum Gasteiger partial charge on any atom is -0.462 e. The first-order chi connectivity index (χ1) is 13.8. The molecule has 0 aliphatic carbocycles. The van der Waals surface area contributed by atoms with Gasteiger partial charge < -0.3 is 10.1 Å². The predicted molar refractivity (Wildman–Crippen MR) is 112 cm³/mol. The summed E-state index contributed by atoms with van der Waals surface area (Å²) in [5, 5.41) is 3.07. The van der Waals surface area contributed by atoms with E-state index >= 15 is 0 Å². The van der Waals surface area contributed by atoms with Gasteiger partial charge in [0.05, 0.1) is 17.9 Å². The van der Waals surface area contributed by atoms with Gasteiger partial charge in [-0.15, -0.1) is 0 Å². The van der Waals surface area contributed by atoms with Gasteiger partial charge in [-0.05, 0) is 55.3 Å². The van der Waals surface area contributed by atoms with Crippen molar-refractivity contribution in [1.82, 2.24) is 0 Å². The van der Waals surface area contributed by atoms with Crippen LogP contribution in [0, 0.1) is 6.92 Å². The van der Waals surface area contributed by atoms with Gasteiger partial charge in [0.1, 0.15) is 10.7 Å². The number of nitrogens with zero attached hydrogens (tertiary/aromatic N) is 1. The second kappa shape index (κ2) is 8.68. The van der Waals surface area contributed by atoms with Gasteiger partial charge in [-0.25, -0.2) is 9.69 Å². The molecule has 0 aromatic heterocycles. The van der Waals surface area contributed by atoms with Crippen LogP contribution in [0.15, 0.2) is 53.2 Å². The SMILES string of the molecule is CCCOC(=O)c1ccc(NC2=C(Cl)C(=O)N(c3ccc(C)c(Cl)c3)C2=O)cc1. The smallest absolute Gasteiger partial charge is 0.338 e. The van der Waals surface area contributed by atoms with Crippen LogP contribution in [-0.2, 0) is 14.3 Å². The number of ether oxygens (including phenoxy) is 1. The fourth-order valence-electron chi connectivity index (χ4n) is 2.68. The number of carbonyl (C=O) groups excluding carboxylic acids is 3. The van der Waals surface area contributed by atoms with E-state index in [2.05, 4.69) is 5.32 Å². The fraction of sp³-hybridized carbons (Fsp3) is 0.190. The van der Waals surface area contributed by atoms with E-state index in [1.807, 2.05) is 13.8 Å². The Morgan fingerprint density at radius 2 is 1.76 bits per heavy atom. The van der Waals surface area contributed by atoms with Crippen molar-refractivity contribution < 1.29 is 19.1 Å². The Balaban J connectivity index is 1.79. The molecule has 0 fully saturated rings. The largest absolute Gasteiger partial charge is 0.462 e. The van der Waals surface area contributed by atoms with Crippen LogP contribution in [0.1, 0.15) is 29.3 Å². The van der Waals surface area contributed by atoms with Crippen molar-refractivity contribution in [3.63, 3.8) is 0 Å². The maximum atomic E-state index is 12.8. The van der Waals surface area contributed by atoms with Crippen LogP contribution in [0.4, 0.5) is 11.4 Å². The summed E-state index contributed by atoms with van der Waals surface area (Å²) >= 11 is 12.2. The molecule has 1 aliphatic rings. The molecule has 0 spiro atoms. The standard InChI is InChI=1S/C21H18Cl2N2O4/c1-3-10-29-21(28)13-5-7-14(8-6-13)24-18-17(23)19(26)25(20(18)27)15-9-4-12(2)16(22)11-15/h4-9,11,24H,3,10H2,1-2H3. The quantitative estimate of drug-likeness (QED) is 0.530. The van der Waals surface area contributed by atoms with Crippen molar-refractivity contribution in [2.75, 3.05) is 16.8 Å². The molecular formula is C21H18Cl2N2O4. The third kappa shape index (κ3) is 4.28. The van der Waals surface area contributed by atoms with Gasteiger partial charge in [-0.1, -0.05) is 36.2 Å². The Bertz CT molecular complexity index is 1020. The molecule has 0 saturated carbocycles. The second-order valence-electron chi connectivity index (χ2n) is 6.41. The first-order valence-electron chi connectivity index (χ1n) is 8.92. The van der Waals surface area contributed by atoms with E-state index in [-0.39, 0.29) is 10.7 Å². The van der Waals surface area contributed by atoms with Crippen molar-refractivity contribution >= 4 is 52.4 Å². The van der Waals surface area contributed by atoms with E-state index in [0.29, 0.717) is 28.6 Å².